The third-order valence-electron chi connectivity index (χ3n) is 7.62. The Bertz CT molecular complexity index is 1540. The minimum absolute atomic E-state index is 0.0586. The number of carbonyl (C=O) groups excluding carboxylic acids is 1. The van der Waals surface area contributed by atoms with E-state index in [4.69, 9.17) is 17.3 Å². The van der Waals surface area contributed by atoms with Crippen LogP contribution < -0.4 is 0 Å². The molecule has 3 heterocycles. The highest BCUT2D eigenvalue weighted by atomic mass is 32.2. The predicted molar refractivity (Wildman–Crippen MR) is 159 cm³/mol. The van der Waals surface area contributed by atoms with E-state index in [0.717, 1.165) is 56.2 Å². The highest BCUT2D eigenvalue weighted by Gasteiger charge is 2.38. The summed E-state index contributed by atoms with van der Waals surface area (Å²) in [6.45, 7) is 1.09. The van der Waals surface area contributed by atoms with E-state index in [1.807, 2.05) is 48.7 Å². The average Bonchev–Trinajstić information content (AvgIpc) is 3.70. The van der Waals surface area contributed by atoms with Crippen molar-refractivity contribution >= 4 is 50.3 Å². The Morgan fingerprint density at radius 2 is 1.69 bits per heavy atom. The zero-order valence-corrected chi connectivity index (χ0v) is 24.0. The van der Waals surface area contributed by atoms with E-state index in [1.165, 1.54) is 11.8 Å². The van der Waals surface area contributed by atoms with Crippen molar-refractivity contribution in [2.45, 2.75) is 55.9 Å². The summed E-state index contributed by atoms with van der Waals surface area (Å²) in [5, 5.41) is 4.87. The summed E-state index contributed by atoms with van der Waals surface area (Å²) in [5.41, 5.74) is 2.90. The number of piperidine rings is 1. The van der Waals surface area contributed by atoms with Crippen molar-refractivity contribution in [2.24, 2.45) is 0 Å². The van der Waals surface area contributed by atoms with E-state index in [0.29, 0.717) is 33.6 Å². The summed E-state index contributed by atoms with van der Waals surface area (Å²) in [4.78, 5) is 16.0. The first-order valence-corrected chi connectivity index (χ1v) is 16.1. The smallest absolute Gasteiger partial charge is 0.266 e. The van der Waals surface area contributed by atoms with Gasteiger partial charge in [0.2, 0.25) is 10.0 Å². The van der Waals surface area contributed by atoms with Crippen LogP contribution in [0.2, 0.25) is 0 Å². The lowest BCUT2D eigenvalue weighted by molar-refractivity contribution is -0.123. The third-order valence-corrected chi connectivity index (χ3v) is 10.8. The second-order valence-corrected chi connectivity index (χ2v) is 13.8. The van der Waals surface area contributed by atoms with Crippen LogP contribution in [0.15, 0.2) is 70.6 Å². The van der Waals surface area contributed by atoms with Gasteiger partial charge in [-0.05, 0) is 56.0 Å². The number of aromatic nitrogens is 2. The third kappa shape index (κ3) is 5.23. The van der Waals surface area contributed by atoms with Crippen LogP contribution in [-0.2, 0) is 14.8 Å². The zero-order chi connectivity index (χ0) is 27.0. The Hall–Kier alpha value is -2.79. The summed E-state index contributed by atoms with van der Waals surface area (Å²) in [6, 6.07) is 16.9. The van der Waals surface area contributed by atoms with Gasteiger partial charge in [0, 0.05) is 36.5 Å². The minimum Gasteiger partial charge on any atom is -0.290 e. The molecule has 2 aromatic carbocycles. The molecule has 1 aromatic heterocycles. The molecule has 2 saturated heterocycles. The summed E-state index contributed by atoms with van der Waals surface area (Å²) in [7, 11) is -3.60. The highest BCUT2D eigenvalue weighted by Crippen LogP contribution is 2.39. The fraction of sp³-hybridized carbons (Fsp3) is 0.345. The molecular formula is C29H30N4O3S3. The molecule has 7 nitrogen and oxygen atoms in total. The Labute approximate surface area is 238 Å². The maximum Gasteiger partial charge on any atom is 0.266 e. The summed E-state index contributed by atoms with van der Waals surface area (Å²) in [5.74, 6) is -0.0586. The molecule has 6 rings (SSSR count). The Morgan fingerprint density at radius 3 is 2.44 bits per heavy atom. The van der Waals surface area contributed by atoms with Gasteiger partial charge in [-0.25, -0.2) is 13.1 Å². The number of nitrogens with zero attached hydrogens (tertiary/aromatic N) is 4. The number of benzene rings is 2. The fourth-order valence-electron chi connectivity index (χ4n) is 5.59. The van der Waals surface area contributed by atoms with Gasteiger partial charge in [-0.15, -0.1) is 0 Å². The van der Waals surface area contributed by atoms with Gasteiger partial charge in [0.1, 0.15) is 10.0 Å². The average molecular weight is 579 g/mol. The predicted octanol–water partition coefficient (Wildman–Crippen LogP) is 5.86. The summed E-state index contributed by atoms with van der Waals surface area (Å²) >= 11 is 6.94. The lowest BCUT2D eigenvalue weighted by atomic mass is 10.1. The normalized spacial score (nSPS) is 20.4. The molecule has 1 saturated carbocycles. The standard InChI is InChI=1S/C29H30N4O3S3/c34-28-26(38-29(37)33(28)24-13-5-6-14-24)19-22-20-32(23-11-3-1-4-12-23)30-27(22)21-10-9-15-25(18-21)39(35,36)31-16-7-2-8-17-31/h1,3-4,9-12,15,18-20,24H,2,5-8,13-14,16-17H2. The zero-order valence-electron chi connectivity index (χ0n) is 21.5. The van der Waals surface area contributed by atoms with Gasteiger partial charge >= 0.3 is 0 Å². The molecule has 3 aliphatic rings. The quantitative estimate of drug-likeness (QED) is 0.270. The SMILES string of the molecule is O=C1C(=Cc2cn(-c3ccccc3)nc2-c2cccc(S(=O)(=O)N3CCCCC3)c2)SC(=S)N1C1CCCC1. The number of thiocarbonyl (C=S) groups is 1. The Morgan fingerprint density at radius 1 is 0.949 bits per heavy atom. The van der Waals surface area contributed by atoms with Gasteiger partial charge < -0.3 is 0 Å². The van der Waals surface area contributed by atoms with E-state index in [2.05, 4.69) is 0 Å². The topological polar surface area (TPSA) is 75.5 Å². The van der Waals surface area contributed by atoms with Crippen molar-refractivity contribution in [1.82, 2.24) is 19.0 Å². The molecule has 1 amide bonds. The number of thioether (sulfide) groups is 1. The molecule has 2 aliphatic heterocycles. The molecular weight excluding hydrogens is 549 g/mol. The van der Waals surface area contributed by atoms with Gasteiger partial charge in [-0.2, -0.15) is 9.40 Å². The Balaban J connectivity index is 1.41. The number of hydrogen-bond donors (Lipinski definition) is 0. The van der Waals surface area contributed by atoms with E-state index < -0.39 is 10.0 Å². The van der Waals surface area contributed by atoms with Gasteiger partial charge in [0.15, 0.2) is 0 Å². The van der Waals surface area contributed by atoms with Gasteiger partial charge in [0.05, 0.1) is 15.5 Å². The lowest BCUT2D eigenvalue weighted by Crippen LogP contribution is -2.36. The first kappa shape index (κ1) is 26.4. The van der Waals surface area contributed by atoms with E-state index in [-0.39, 0.29) is 16.8 Å². The molecule has 3 fully saturated rings. The number of sulfonamides is 1. The van der Waals surface area contributed by atoms with Crippen molar-refractivity contribution in [2.75, 3.05) is 13.1 Å². The monoisotopic (exact) mass is 578 g/mol. The molecule has 39 heavy (non-hydrogen) atoms. The molecule has 0 unspecified atom stereocenters. The molecule has 10 heteroatoms. The second-order valence-electron chi connectivity index (χ2n) is 10.2. The summed E-state index contributed by atoms with van der Waals surface area (Å²) in [6.07, 6.45) is 10.7. The van der Waals surface area contributed by atoms with Crippen LogP contribution in [0.1, 0.15) is 50.5 Å². The molecule has 0 N–H and O–H groups in total. The number of carbonyl (C=O) groups is 1. The van der Waals surface area contributed by atoms with Gasteiger partial charge in [-0.3, -0.25) is 9.69 Å². The first-order chi connectivity index (χ1) is 18.9. The lowest BCUT2D eigenvalue weighted by Gasteiger charge is -2.26. The van der Waals surface area contributed by atoms with Crippen LogP contribution in [0.4, 0.5) is 0 Å². The van der Waals surface area contributed by atoms with E-state index in [1.54, 1.807) is 32.1 Å². The molecule has 3 aromatic rings. The van der Waals surface area contributed by atoms with E-state index in [9.17, 15) is 13.2 Å². The van der Waals surface area contributed by atoms with Gasteiger partial charge in [0.25, 0.3) is 5.91 Å². The molecule has 0 atom stereocenters. The summed E-state index contributed by atoms with van der Waals surface area (Å²) < 4.78 is 30.8. The second kappa shape index (κ2) is 11.0. The molecule has 202 valence electrons. The highest BCUT2D eigenvalue weighted by molar-refractivity contribution is 8.26. The number of hydrogen-bond acceptors (Lipinski definition) is 6. The molecule has 0 spiro atoms. The van der Waals surface area contributed by atoms with Crippen LogP contribution in [0, 0.1) is 0 Å². The van der Waals surface area contributed by atoms with Crippen LogP contribution in [0.5, 0.6) is 0 Å². The van der Waals surface area contributed by atoms with Crippen molar-refractivity contribution < 1.29 is 13.2 Å². The minimum atomic E-state index is -3.60. The fourth-order valence-corrected chi connectivity index (χ4v) is 8.54. The van der Waals surface area contributed by atoms with Crippen LogP contribution in [0.25, 0.3) is 23.0 Å². The number of rotatable bonds is 6. The first-order valence-electron chi connectivity index (χ1n) is 13.4. The number of amides is 1. The van der Waals surface area contributed by atoms with E-state index >= 15 is 0 Å². The van der Waals surface area contributed by atoms with Crippen molar-refractivity contribution in [3.8, 4) is 16.9 Å². The van der Waals surface area contributed by atoms with Crippen molar-refractivity contribution in [1.29, 1.82) is 0 Å². The maximum atomic E-state index is 13.4. The molecule has 0 radical (unpaired) electrons. The Kier molecular flexibility index (Phi) is 7.45. The maximum absolute atomic E-state index is 13.4. The van der Waals surface area contributed by atoms with Crippen molar-refractivity contribution in [3.05, 3.63) is 71.3 Å². The number of para-hydroxylation sites is 1. The molecule has 1 aliphatic carbocycles. The van der Waals surface area contributed by atoms with Crippen molar-refractivity contribution in [3.63, 3.8) is 0 Å². The largest absolute Gasteiger partial charge is 0.290 e. The van der Waals surface area contributed by atoms with Crippen LogP contribution in [-0.4, -0.2) is 56.8 Å². The van der Waals surface area contributed by atoms with Crippen LogP contribution in [0.3, 0.4) is 0 Å². The van der Waals surface area contributed by atoms with Gasteiger partial charge in [-0.1, -0.05) is 73.6 Å². The van der Waals surface area contributed by atoms with Crippen LogP contribution >= 0.6 is 24.0 Å². The molecule has 0 bridgehead atoms.